The zero-order valence-electron chi connectivity index (χ0n) is 14.4. The van der Waals surface area contributed by atoms with Gasteiger partial charge in [0.1, 0.15) is 0 Å². The van der Waals surface area contributed by atoms with Crippen molar-refractivity contribution in [1.29, 1.82) is 0 Å². The third kappa shape index (κ3) is 4.98. The quantitative estimate of drug-likeness (QED) is 0.790. The summed E-state index contributed by atoms with van der Waals surface area (Å²) in [5.74, 6) is -0.243. The maximum absolute atomic E-state index is 12.9. The molecule has 0 fully saturated rings. The number of nitrogens with one attached hydrogen (secondary N) is 2. The lowest BCUT2D eigenvalue weighted by Crippen LogP contribution is -2.18. The molecule has 25 heavy (non-hydrogen) atoms. The molecule has 3 nitrogen and oxygen atoms in total. The molecule has 2 aromatic rings. The van der Waals surface area contributed by atoms with Crippen molar-refractivity contribution in [2.45, 2.75) is 33.4 Å². The minimum atomic E-state index is -4.43. The summed E-state index contributed by atoms with van der Waals surface area (Å²) in [5.41, 5.74) is 3.03. The monoisotopic (exact) mass is 350 g/mol. The first kappa shape index (κ1) is 18.8. The van der Waals surface area contributed by atoms with Crippen LogP contribution in [0.15, 0.2) is 36.4 Å². The summed E-state index contributed by atoms with van der Waals surface area (Å²) in [4.78, 5) is 12.1. The lowest BCUT2D eigenvalue weighted by molar-refractivity contribution is -0.137. The molecule has 0 aliphatic carbocycles. The molecule has 2 rings (SSSR count). The molecule has 0 unspecified atom stereocenters. The number of halogens is 3. The number of amides is 1. The number of hydrogen-bond donors (Lipinski definition) is 2. The molecule has 2 aromatic carbocycles. The molecule has 2 N–H and O–H groups in total. The van der Waals surface area contributed by atoms with Gasteiger partial charge in [-0.05, 0) is 44.0 Å². The normalized spacial score (nSPS) is 11.3. The molecule has 0 aliphatic rings. The van der Waals surface area contributed by atoms with E-state index in [1.807, 2.05) is 32.9 Å². The van der Waals surface area contributed by atoms with Crippen molar-refractivity contribution in [3.8, 4) is 0 Å². The Morgan fingerprint density at radius 2 is 1.64 bits per heavy atom. The van der Waals surface area contributed by atoms with E-state index in [2.05, 4.69) is 10.6 Å². The van der Waals surface area contributed by atoms with Crippen LogP contribution in [0, 0.1) is 20.8 Å². The smallest absolute Gasteiger partial charge is 0.384 e. The molecule has 0 saturated carbocycles. The van der Waals surface area contributed by atoms with Gasteiger partial charge in [-0.3, -0.25) is 4.79 Å². The van der Waals surface area contributed by atoms with Gasteiger partial charge in [0.15, 0.2) is 0 Å². The number of carbonyl (C=O) groups excluding carboxylic acids is 1. The van der Waals surface area contributed by atoms with Crippen LogP contribution < -0.4 is 10.6 Å². The maximum atomic E-state index is 12.9. The number of aryl methyl sites for hydroxylation is 3. The number of benzene rings is 2. The lowest BCUT2D eigenvalue weighted by Gasteiger charge is -2.15. The predicted molar refractivity (Wildman–Crippen MR) is 93.8 cm³/mol. The van der Waals surface area contributed by atoms with E-state index in [9.17, 15) is 18.0 Å². The van der Waals surface area contributed by atoms with Crippen molar-refractivity contribution in [2.24, 2.45) is 0 Å². The SMILES string of the molecule is Cc1cc(C)c(NC(=O)CCNc2ccccc2C(F)(F)F)c(C)c1. The number of para-hydroxylation sites is 1. The van der Waals surface area contributed by atoms with E-state index in [1.54, 1.807) is 0 Å². The van der Waals surface area contributed by atoms with E-state index < -0.39 is 11.7 Å². The van der Waals surface area contributed by atoms with E-state index in [4.69, 9.17) is 0 Å². The minimum absolute atomic E-state index is 0.0227. The molecule has 0 spiro atoms. The van der Waals surface area contributed by atoms with Gasteiger partial charge in [0.25, 0.3) is 0 Å². The topological polar surface area (TPSA) is 41.1 Å². The van der Waals surface area contributed by atoms with Crippen molar-refractivity contribution in [3.05, 3.63) is 58.7 Å². The summed E-state index contributed by atoms with van der Waals surface area (Å²) in [5, 5.41) is 5.53. The summed E-state index contributed by atoms with van der Waals surface area (Å²) >= 11 is 0. The highest BCUT2D eigenvalue weighted by molar-refractivity contribution is 5.92. The van der Waals surface area contributed by atoms with Crippen LogP contribution in [0.2, 0.25) is 0 Å². The van der Waals surface area contributed by atoms with E-state index in [1.165, 1.54) is 18.2 Å². The summed E-state index contributed by atoms with van der Waals surface area (Å²) < 4.78 is 38.8. The van der Waals surface area contributed by atoms with Gasteiger partial charge in [0.2, 0.25) is 5.91 Å². The van der Waals surface area contributed by atoms with Crippen LogP contribution in [0.25, 0.3) is 0 Å². The highest BCUT2D eigenvalue weighted by atomic mass is 19.4. The standard InChI is InChI=1S/C19H21F3N2O/c1-12-10-13(2)18(14(3)11-12)24-17(25)8-9-23-16-7-5-4-6-15(16)19(20,21)22/h4-7,10-11,23H,8-9H2,1-3H3,(H,24,25). The first-order chi connectivity index (χ1) is 11.7. The van der Waals surface area contributed by atoms with Crippen LogP contribution in [-0.4, -0.2) is 12.5 Å². The minimum Gasteiger partial charge on any atom is -0.384 e. The first-order valence-electron chi connectivity index (χ1n) is 7.96. The van der Waals surface area contributed by atoms with Crippen LogP contribution in [0.3, 0.4) is 0 Å². The molecule has 1 amide bonds. The second kappa shape index (κ2) is 7.59. The number of alkyl halides is 3. The molecule has 134 valence electrons. The van der Waals surface area contributed by atoms with Gasteiger partial charge in [-0.25, -0.2) is 0 Å². The van der Waals surface area contributed by atoms with E-state index in [-0.39, 0.29) is 24.6 Å². The van der Waals surface area contributed by atoms with Crippen LogP contribution in [0.1, 0.15) is 28.7 Å². The van der Waals surface area contributed by atoms with E-state index in [0.717, 1.165) is 28.4 Å². The Kier molecular flexibility index (Phi) is 5.72. The van der Waals surface area contributed by atoms with Gasteiger partial charge in [0.05, 0.1) is 5.56 Å². The summed E-state index contributed by atoms with van der Waals surface area (Å²) in [6.45, 7) is 5.91. The summed E-state index contributed by atoms with van der Waals surface area (Å²) in [7, 11) is 0. The number of hydrogen-bond acceptors (Lipinski definition) is 2. The molecule has 0 heterocycles. The second-order valence-corrected chi connectivity index (χ2v) is 6.04. The van der Waals surface area contributed by atoms with Gasteiger partial charge < -0.3 is 10.6 Å². The van der Waals surface area contributed by atoms with E-state index >= 15 is 0 Å². The molecule has 0 aliphatic heterocycles. The maximum Gasteiger partial charge on any atom is 0.418 e. The molecule has 0 atom stereocenters. The van der Waals surface area contributed by atoms with Crippen LogP contribution >= 0.6 is 0 Å². The van der Waals surface area contributed by atoms with Crippen molar-refractivity contribution in [2.75, 3.05) is 17.2 Å². The average molecular weight is 350 g/mol. The van der Waals surface area contributed by atoms with Gasteiger partial charge in [0, 0.05) is 24.3 Å². The van der Waals surface area contributed by atoms with E-state index in [0.29, 0.717) is 0 Å². The number of carbonyl (C=O) groups is 1. The second-order valence-electron chi connectivity index (χ2n) is 6.04. The van der Waals surface area contributed by atoms with Gasteiger partial charge >= 0.3 is 6.18 Å². The Bertz CT molecular complexity index is 746. The van der Waals surface area contributed by atoms with Gasteiger partial charge in [-0.15, -0.1) is 0 Å². The molecule has 0 radical (unpaired) electrons. The van der Waals surface area contributed by atoms with Crippen LogP contribution in [0.4, 0.5) is 24.5 Å². The van der Waals surface area contributed by atoms with Crippen molar-refractivity contribution in [1.82, 2.24) is 0 Å². The molecule has 0 bridgehead atoms. The Labute approximate surface area is 145 Å². The molecular weight excluding hydrogens is 329 g/mol. The molecule has 0 aromatic heterocycles. The Morgan fingerprint density at radius 3 is 2.24 bits per heavy atom. The summed E-state index contributed by atoms with van der Waals surface area (Å²) in [6, 6.07) is 9.18. The summed E-state index contributed by atoms with van der Waals surface area (Å²) in [6.07, 6.45) is -4.36. The van der Waals surface area contributed by atoms with Crippen molar-refractivity contribution >= 4 is 17.3 Å². The highest BCUT2D eigenvalue weighted by Gasteiger charge is 2.33. The molecular formula is C19H21F3N2O. The number of rotatable bonds is 5. The van der Waals surface area contributed by atoms with Crippen LogP contribution in [-0.2, 0) is 11.0 Å². The van der Waals surface area contributed by atoms with Gasteiger partial charge in [-0.1, -0.05) is 29.8 Å². The lowest BCUT2D eigenvalue weighted by atomic mass is 10.1. The first-order valence-corrected chi connectivity index (χ1v) is 7.96. The van der Waals surface area contributed by atoms with Gasteiger partial charge in [-0.2, -0.15) is 13.2 Å². The third-order valence-corrected chi connectivity index (χ3v) is 3.84. The van der Waals surface area contributed by atoms with Crippen molar-refractivity contribution in [3.63, 3.8) is 0 Å². The predicted octanol–water partition coefficient (Wildman–Crippen LogP) is 5.07. The highest BCUT2D eigenvalue weighted by Crippen LogP contribution is 2.34. The Morgan fingerprint density at radius 1 is 1.04 bits per heavy atom. The Balaban J connectivity index is 1.96. The van der Waals surface area contributed by atoms with Crippen molar-refractivity contribution < 1.29 is 18.0 Å². The largest absolute Gasteiger partial charge is 0.418 e. The average Bonchev–Trinajstić information content (AvgIpc) is 2.50. The molecule has 6 heteroatoms. The fourth-order valence-corrected chi connectivity index (χ4v) is 2.77. The fraction of sp³-hybridized carbons (Fsp3) is 0.316. The third-order valence-electron chi connectivity index (χ3n) is 3.84. The zero-order valence-corrected chi connectivity index (χ0v) is 14.4. The molecule has 0 saturated heterocycles. The fourth-order valence-electron chi connectivity index (χ4n) is 2.77. The van der Waals surface area contributed by atoms with Crippen LogP contribution in [0.5, 0.6) is 0 Å². The number of anilines is 2. The Hall–Kier alpha value is -2.50. The zero-order chi connectivity index (χ0) is 18.6.